The van der Waals surface area contributed by atoms with E-state index < -0.39 is 17.9 Å². The van der Waals surface area contributed by atoms with Gasteiger partial charge >= 0.3 is 6.18 Å². The molecule has 8 nitrogen and oxygen atoms in total. The number of thiazole rings is 1. The summed E-state index contributed by atoms with van der Waals surface area (Å²) in [7, 11) is 1.60. The zero-order valence-electron chi connectivity index (χ0n) is 19.9. The molecule has 0 saturated carbocycles. The third-order valence-corrected chi connectivity index (χ3v) is 6.62. The van der Waals surface area contributed by atoms with Crippen LogP contribution in [0.2, 0.25) is 0 Å². The van der Waals surface area contributed by atoms with Crippen molar-refractivity contribution in [2.45, 2.75) is 44.3 Å². The molecule has 2 amide bonds. The zero-order chi connectivity index (χ0) is 26.4. The van der Waals surface area contributed by atoms with E-state index in [0.29, 0.717) is 34.6 Å². The summed E-state index contributed by atoms with van der Waals surface area (Å²) in [5.41, 5.74) is 2.27. The molecule has 0 spiro atoms. The molecule has 1 atom stereocenters. The van der Waals surface area contributed by atoms with Gasteiger partial charge < -0.3 is 15.6 Å². The summed E-state index contributed by atoms with van der Waals surface area (Å²) in [6, 6.07) is 6.90. The molecule has 0 bridgehead atoms. The van der Waals surface area contributed by atoms with Crippen LogP contribution in [0, 0.1) is 0 Å². The lowest BCUT2D eigenvalue weighted by Gasteiger charge is -2.16. The quantitative estimate of drug-likeness (QED) is 0.242. The number of aromatic nitrogens is 4. The number of hydrogen-bond donors (Lipinski definition) is 3. The van der Waals surface area contributed by atoms with E-state index in [-0.39, 0.29) is 17.3 Å². The first-order valence-electron chi connectivity index (χ1n) is 11.7. The second-order valence-corrected chi connectivity index (χ2v) is 9.33. The number of rotatable bonds is 10. The number of carbonyl (C=O) groups excluding carboxylic acids is 2. The van der Waals surface area contributed by atoms with Gasteiger partial charge in [0.1, 0.15) is 16.4 Å². The van der Waals surface area contributed by atoms with Crippen molar-refractivity contribution >= 4 is 34.1 Å². The maximum Gasteiger partial charge on any atom is 0.433 e. The van der Waals surface area contributed by atoms with E-state index in [1.807, 2.05) is 0 Å². The highest BCUT2D eigenvalue weighted by molar-refractivity contribution is 7.11. The third kappa shape index (κ3) is 6.70. The van der Waals surface area contributed by atoms with Crippen molar-refractivity contribution in [2.24, 2.45) is 0 Å². The monoisotopic (exact) mass is 530 g/mol. The number of pyridine rings is 1. The molecule has 3 N–H and O–H groups in total. The molecule has 12 heteroatoms. The van der Waals surface area contributed by atoms with Crippen molar-refractivity contribution in [3.05, 3.63) is 64.6 Å². The molecule has 0 radical (unpaired) electrons. The molecule has 0 fully saturated rings. The topological polar surface area (TPSA) is 113 Å². The van der Waals surface area contributed by atoms with Gasteiger partial charge in [-0.25, -0.2) is 9.97 Å². The number of unbranched alkanes of at least 4 members (excludes halogenated alkanes) is 2. The molecule has 3 aromatic heterocycles. The molecule has 194 valence electrons. The van der Waals surface area contributed by atoms with E-state index in [0.717, 1.165) is 30.9 Å². The average molecular weight is 531 g/mol. The number of H-pyrrole nitrogens is 1. The van der Waals surface area contributed by atoms with Crippen LogP contribution in [-0.4, -0.2) is 38.8 Å². The van der Waals surface area contributed by atoms with Crippen molar-refractivity contribution in [1.82, 2.24) is 30.6 Å². The van der Waals surface area contributed by atoms with E-state index in [1.165, 1.54) is 29.7 Å². The van der Waals surface area contributed by atoms with Crippen LogP contribution in [0.3, 0.4) is 0 Å². The second kappa shape index (κ2) is 11.5. The zero-order valence-corrected chi connectivity index (χ0v) is 20.7. The SMILES string of the molecule is CNC(=O)CCCCCC(NC(=O)c1cncs1)c1ncc(-c2ccc3nc(C(F)(F)F)ccc3c2)[nH]1. The van der Waals surface area contributed by atoms with Gasteiger partial charge in [0, 0.05) is 24.4 Å². The lowest BCUT2D eigenvalue weighted by atomic mass is 10.1. The molecule has 37 heavy (non-hydrogen) atoms. The van der Waals surface area contributed by atoms with Gasteiger partial charge in [-0.15, -0.1) is 11.3 Å². The Morgan fingerprint density at radius 3 is 2.68 bits per heavy atom. The van der Waals surface area contributed by atoms with Crippen molar-refractivity contribution in [3.8, 4) is 11.3 Å². The van der Waals surface area contributed by atoms with Gasteiger partial charge in [0.15, 0.2) is 0 Å². The van der Waals surface area contributed by atoms with Crippen LogP contribution in [0.4, 0.5) is 13.2 Å². The first-order chi connectivity index (χ1) is 17.7. The van der Waals surface area contributed by atoms with Gasteiger partial charge in [0.05, 0.1) is 35.2 Å². The normalized spacial score (nSPS) is 12.4. The molecule has 0 aliphatic heterocycles. The fourth-order valence-corrected chi connectivity index (χ4v) is 4.40. The summed E-state index contributed by atoms with van der Waals surface area (Å²) in [5.74, 6) is 0.295. The van der Waals surface area contributed by atoms with E-state index >= 15 is 0 Å². The fraction of sp³-hybridized carbons (Fsp3) is 0.320. The summed E-state index contributed by atoms with van der Waals surface area (Å²) < 4.78 is 38.9. The molecular weight excluding hydrogens is 505 g/mol. The maximum atomic E-state index is 13.0. The first-order valence-corrected chi connectivity index (χ1v) is 12.6. The van der Waals surface area contributed by atoms with Crippen molar-refractivity contribution in [2.75, 3.05) is 7.05 Å². The number of halogens is 3. The first kappa shape index (κ1) is 26.3. The van der Waals surface area contributed by atoms with Gasteiger partial charge in [0.2, 0.25) is 5.91 Å². The largest absolute Gasteiger partial charge is 0.433 e. The molecule has 1 aromatic carbocycles. The number of imidazole rings is 1. The highest BCUT2D eigenvalue weighted by Crippen LogP contribution is 2.30. The number of fused-ring (bicyclic) bond motifs is 1. The van der Waals surface area contributed by atoms with E-state index in [9.17, 15) is 22.8 Å². The number of alkyl halides is 3. The minimum absolute atomic E-state index is 0.00839. The van der Waals surface area contributed by atoms with Crippen LogP contribution in [0.15, 0.2) is 48.2 Å². The predicted octanol–water partition coefficient (Wildman–Crippen LogP) is 5.27. The summed E-state index contributed by atoms with van der Waals surface area (Å²) in [6.07, 6.45) is 1.99. The van der Waals surface area contributed by atoms with Gasteiger partial charge in [-0.2, -0.15) is 13.2 Å². The molecule has 1 unspecified atom stereocenters. The number of amides is 2. The van der Waals surface area contributed by atoms with Gasteiger partial charge in [-0.3, -0.25) is 14.6 Å². The lowest BCUT2D eigenvalue weighted by Crippen LogP contribution is -2.28. The van der Waals surface area contributed by atoms with Gasteiger partial charge in [0.25, 0.3) is 5.91 Å². The smallest absolute Gasteiger partial charge is 0.359 e. The van der Waals surface area contributed by atoms with Crippen molar-refractivity contribution < 1.29 is 22.8 Å². The summed E-state index contributed by atoms with van der Waals surface area (Å²) in [4.78, 5) is 40.0. The number of nitrogens with zero attached hydrogens (tertiary/aromatic N) is 3. The van der Waals surface area contributed by atoms with Crippen LogP contribution in [0.5, 0.6) is 0 Å². The van der Waals surface area contributed by atoms with Crippen LogP contribution in [0.25, 0.3) is 22.2 Å². The van der Waals surface area contributed by atoms with Gasteiger partial charge in [-0.1, -0.05) is 25.0 Å². The summed E-state index contributed by atoms with van der Waals surface area (Å²) in [6.45, 7) is 0. The average Bonchev–Trinajstić information content (AvgIpc) is 3.59. The highest BCUT2D eigenvalue weighted by atomic mass is 32.1. The highest BCUT2D eigenvalue weighted by Gasteiger charge is 2.32. The van der Waals surface area contributed by atoms with Gasteiger partial charge in [-0.05, 0) is 31.0 Å². The Hall–Kier alpha value is -3.80. The Morgan fingerprint density at radius 2 is 1.95 bits per heavy atom. The Kier molecular flexibility index (Phi) is 8.17. The molecule has 3 heterocycles. The van der Waals surface area contributed by atoms with Crippen LogP contribution in [-0.2, 0) is 11.0 Å². The number of benzene rings is 1. The maximum absolute atomic E-state index is 13.0. The van der Waals surface area contributed by atoms with Crippen molar-refractivity contribution in [1.29, 1.82) is 0 Å². The molecule has 4 aromatic rings. The minimum atomic E-state index is -4.51. The Labute approximate surface area is 214 Å². The van der Waals surface area contributed by atoms with E-state index in [1.54, 1.807) is 30.9 Å². The Morgan fingerprint density at radius 1 is 1.11 bits per heavy atom. The molecular formula is C25H25F3N6O2S. The molecule has 4 rings (SSSR count). The summed E-state index contributed by atoms with van der Waals surface area (Å²) in [5, 5.41) is 6.17. The number of carbonyl (C=O) groups is 2. The fourth-order valence-electron chi connectivity index (χ4n) is 3.88. The summed E-state index contributed by atoms with van der Waals surface area (Å²) >= 11 is 1.24. The van der Waals surface area contributed by atoms with Crippen LogP contribution in [0.1, 0.15) is 59.3 Å². The molecule has 0 aliphatic rings. The van der Waals surface area contributed by atoms with Crippen molar-refractivity contribution in [3.63, 3.8) is 0 Å². The number of hydrogen-bond acceptors (Lipinski definition) is 6. The predicted molar refractivity (Wildman–Crippen MR) is 134 cm³/mol. The molecule has 0 saturated heterocycles. The Balaban J connectivity index is 1.51. The lowest BCUT2D eigenvalue weighted by molar-refractivity contribution is -0.141. The van der Waals surface area contributed by atoms with E-state index in [4.69, 9.17) is 0 Å². The van der Waals surface area contributed by atoms with Crippen LogP contribution >= 0.6 is 11.3 Å². The number of aromatic amines is 1. The van der Waals surface area contributed by atoms with Crippen LogP contribution < -0.4 is 10.6 Å². The molecule has 0 aliphatic carbocycles. The number of nitrogens with one attached hydrogen (secondary N) is 3. The third-order valence-electron chi connectivity index (χ3n) is 5.85. The standard InChI is InChI=1S/C25H25F3N6O2S/c1-29-22(35)6-4-2-3-5-18(34-24(36)20-13-30-14-37-20)23-31-12-19(33-23)16-7-9-17-15(11-16)8-10-21(32-17)25(26,27)28/h7-14,18H,2-6H2,1H3,(H,29,35)(H,31,33)(H,34,36). The minimum Gasteiger partial charge on any atom is -0.359 e. The Bertz CT molecular complexity index is 1370. The second-order valence-electron chi connectivity index (χ2n) is 8.45. The van der Waals surface area contributed by atoms with E-state index in [2.05, 4.69) is 30.6 Å².